The molecule has 202 valence electrons. The lowest BCUT2D eigenvalue weighted by atomic mass is 9.55. The quantitative estimate of drug-likeness (QED) is 0.358. The van der Waals surface area contributed by atoms with E-state index in [4.69, 9.17) is 4.74 Å². The predicted molar refractivity (Wildman–Crippen MR) is 143 cm³/mol. The number of allylic oxidation sites excluding steroid dienone is 1. The summed E-state index contributed by atoms with van der Waals surface area (Å²) in [5, 5.41) is 0. The molecule has 0 unspecified atom stereocenters. The minimum Gasteiger partial charge on any atom is -0.462 e. The Kier molecular flexibility index (Phi) is 6.89. The molecule has 2 saturated heterocycles. The Morgan fingerprint density at radius 2 is 1.61 bits per heavy atom. The van der Waals surface area contributed by atoms with Crippen LogP contribution in [0.5, 0.6) is 0 Å². The summed E-state index contributed by atoms with van der Waals surface area (Å²) in [6, 6.07) is 13.1. The zero-order valence-electron chi connectivity index (χ0n) is 22.3. The van der Waals surface area contributed by atoms with Crippen molar-refractivity contribution in [2.24, 2.45) is 23.2 Å². The first-order valence-corrected chi connectivity index (χ1v) is 14.2. The minimum absolute atomic E-state index is 0.0224. The van der Waals surface area contributed by atoms with E-state index in [-0.39, 0.29) is 47.0 Å². The third kappa shape index (κ3) is 4.82. The number of carbonyl (C=O) groups is 1. The highest BCUT2D eigenvalue weighted by molar-refractivity contribution is 5.75. The molecule has 38 heavy (non-hydrogen) atoms. The van der Waals surface area contributed by atoms with Crippen LogP contribution in [0, 0.1) is 34.8 Å². The Morgan fingerprint density at radius 1 is 1.00 bits per heavy atom. The number of benzene rings is 2. The lowest BCUT2D eigenvalue weighted by Crippen LogP contribution is -2.50. The predicted octanol–water partition coefficient (Wildman–Crippen LogP) is 5.99. The van der Waals surface area contributed by atoms with E-state index in [1.807, 2.05) is 24.3 Å². The molecule has 4 fully saturated rings. The van der Waals surface area contributed by atoms with Gasteiger partial charge in [0.1, 0.15) is 17.7 Å². The third-order valence-electron chi connectivity index (χ3n) is 9.92. The molecule has 2 aliphatic carbocycles. The zero-order chi connectivity index (χ0) is 26.4. The number of hydrogen-bond acceptors (Lipinski definition) is 4. The van der Waals surface area contributed by atoms with Crippen molar-refractivity contribution in [3.05, 3.63) is 83.4 Å². The standard InChI is InChI=1S/C32H38F2N2O2/c1-21-4-3-13-32(2)19-29-26(18-28(21)32)27(31(37)38-29)20-35-14-16-36(17-15-35)30(22-5-9-24(33)10-6-22)23-7-11-25(34)12-8-23/h5-12,26-30H,1,3-4,13-20H2,2H3/t26-,27-,28-,29+,32+/m0/s1. The van der Waals surface area contributed by atoms with Gasteiger partial charge in [-0.3, -0.25) is 14.6 Å². The van der Waals surface area contributed by atoms with E-state index in [9.17, 15) is 13.6 Å². The minimum atomic E-state index is -0.266. The maximum atomic E-state index is 13.7. The molecule has 0 aromatic heterocycles. The molecule has 4 aliphatic rings. The number of rotatable bonds is 5. The molecular weight excluding hydrogens is 482 g/mol. The number of carbonyl (C=O) groups excluding carboxylic acids is 1. The van der Waals surface area contributed by atoms with Gasteiger partial charge in [-0.05, 0) is 78.8 Å². The van der Waals surface area contributed by atoms with Crippen molar-refractivity contribution < 1.29 is 18.3 Å². The van der Waals surface area contributed by atoms with E-state index in [2.05, 4.69) is 23.3 Å². The first-order chi connectivity index (χ1) is 18.3. The Labute approximate surface area is 224 Å². The van der Waals surface area contributed by atoms with Crippen molar-refractivity contribution in [1.29, 1.82) is 0 Å². The fraction of sp³-hybridized carbons (Fsp3) is 0.531. The van der Waals surface area contributed by atoms with Gasteiger partial charge in [-0.2, -0.15) is 0 Å². The number of nitrogens with zero attached hydrogens (tertiary/aromatic N) is 2. The molecule has 0 N–H and O–H groups in total. The van der Waals surface area contributed by atoms with Crippen LogP contribution in [-0.4, -0.2) is 54.6 Å². The van der Waals surface area contributed by atoms with E-state index in [0.717, 1.165) is 63.1 Å². The van der Waals surface area contributed by atoms with Crippen LogP contribution in [0.15, 0.2) is 60.7 Å². The molecule has 2 aromatic rings. The van der Waals surface area contributed by atoms with Crippen LogP contribution in [0.3, 0.4) is 0 Å². The molecule has 2 saturated carbocycles. The second-order valence-electron chi connectivity index (χ2n) is 12.2. The van der Waals surface area contributed by atoms with Crippen molar-refractivity contribution in [2.75, 3.05) is 32.7 Å². The number of esters is 1. The van der Waals surface area contributed by atoms with Crippen LogP contribution < -0.4 is 0 Å². The lowest BCUT2D eigenvalue weighted by Gasteiger charge is -2.50. The zero-order valence-corrected chi connectivity index (χ0v) is 22.3. The van der Waals surface area contributed by atoms with Gasteiger partial charge in [-0.15, -0.1) is 0 Å². The smallest absolute Gasteiger partial charge is 0.310 e. The van der Waals surface area contributed by atoms with Crippen LogP contribution in [0.4, 0.5) is 8.78 Å². The summed E-state index contributed by atoms with van der Waals surface area (Å²) < 4.78 is 33.3. The number of ether oxygens (including phenoxy) is 1. The normalized spacial score (nSPS) is 32.2. The third-order valence-corrected chi connectivity index (χ3v) is 9.92. The van der Waals surface area contributed by atoms with Gasteiger partial charge >= 0.3 is 5.97 Å². The maximum Gasteiger partial charge on any atom is 0.310 e. The van der Waals surface area contributed by atoms with Crippen LogP contribution in [0.1, 0.15) is 56.2 Å². The highest BCUT2D eigenvalue weighted by atomic mass is 19.1. The number of fused-ring (bicyclic) bond motifs is 2. The average molecular weight is 521 g/mol. The second kappa shape index (κ2) is 10.2. The molecule has 2 aliphatic heterocycles. The summed E-state index contributed by atoms with van der Waals surface area (Å²) in [4.78, 5) is 17.8. The van der Waals surface area contributed by atoms with Gasteiger partial charge in [0.2, 0.25) is 0 Å². The lowest BCUT2D eigenvalue weighted by molar-refractivity contribution is -0.146. The molecule has 6 rings (SSSR count). The topological polar surface area (TPSA) is 32.8 Å². The Morgan fingerprint density at radius 3 is 2.21 bits per heavy atom. The number of halogens is 2. The van der Waals surface area contributed by atoms with E-state index in [0.29, 0.717) is 5.92 Å². The van der Waals surface area contributed by atoms with Crippen molar-refractivity contribution in [1.82, 2.24) is 9.80 Å². The second-order valence-corrected chi connectivity index (χ2v) is 12.2. The average Bonchev–Trinajstić information content (AvgIpc) is 3.19. The molecule has 0 bridgehead atoms. The number of piperazine rings is 1. The fourth-order valence-corrected chi connectivity index (χ4v) is 7.85. The molecule has 0 amide bonds. The van der Waals surface area contributed by atoms with Crippen molar-refractivity contribution in [3.63, 3.8) is 0 Å². The Bertz CT molecular complexity index is 1130. The Balaban J connectivity index is 1.14. The summed E-state index contributed by atoms with van der Waals surface area (Å²) in [6.07, 6.45) is 5.54. The Hall–Kier alpha value is -2.57. The summed E-state index contributed by atoms with van der Waals surface area (Å²) in [6.45, 7) is 10.8. The molecule has 6 heteroatoms. The van der Waals surface area contributed by atoms with Gasteiger partial charge in [-0.1, -0.05) is 43.3 Å². The summed E-state index contributed by atoms with van der Waals surface area (Å²) >= 11 is 0. The van der Waals surface area contributed by atoms with E-state index < -0.39 is 0 Å². The molecule has 2 aromatic carbocycles. The van der Waals surface area contributed by atoms with Crippen LogP contribution >= 0.6 is 0 Å². The monoisotopic (exact) mass is 520 g/mol. The molecule has 4 nitrogen and oxygen atoms in total. The molecule has 0 spiro atoms. The highest BCUT2D eigenvalue weighted by Crippen LogP contribution is 2.57. The van der Waals surface area contributed by atoms with Crippen LogP contribution in [0.2, 0.25) is 0 Å². The van der Waals surface area contributed by atoms with E-state index in [1.165, 1.54) is 42.7 Å². The summed E-state index contributed by atoms with van der Waals surface area (Å²) in [5.74, 6) is 0.149. The van der Waals surface area contributed by atoms with Crippen molar-refractivity contribution in [2.45, 2.75) is 51.2 Å². The van der Waals surface area contributed by atoms with Crippen molar-refractivity contribution in [3.8, 4) is 0 Å². The fourth-order valence-electron chi connectivity index (χ4n) is 7.85. The molecule has 2 heterocycles. The van der Waals surface area contributed by atoms with E-state index >= 15 is 0 Å². The van der Waals surface area contributed by atoms with Crippen molar-refractivity contribution >= 4 is 5.97 Å². The van der Waals surface area contributed by atoms with Gasteiger partial charge in [-0.25, -0.2) is 8.78 Å². The maximum absolute atomic E-state index is 13.7. The van der Waals surface area contributed by atoms with Crippen LogP contribution in [0.25, 0.3) is 0 Å². The molecular formula is C32H38F2N2O2. The van der Waals surface area contributed by atoms with Gasteiger partial charge < -0.3 is 4.74 Å². The highest BCUT2D eigenvalue weighted by Gasteiger charge is 2.55. The van der Waals surface area contributed by atoms with E-state index in [1.54, 1.807) is 0 Å². The van der Waals surface area contributed by atoms with Gasteiger partial charge in [0, 0.05) is 38.6 Å². The van der Waals surface area contributed by atoms with Gasteiger partial charge in [0.15, 0.2) is 0 Å². The van der Waals surface area contributed by atoms with Crippen LogP contribution in [-0.2, 0) is 9.53 Å². The molecule has 0 radical (unpaired) electrons. The first kappa shape index (κ1) is 25.7. The summed E-state index contributed by atoms with van der Waals surface area (Å²) in [7, 11) is 0. The summed E-state index contributed by atoms with van der Waals surface area (Å²) in [5.41, 5.74) is 3.57. The van der Waals surface area contributed by atoms with Gasteiger partial charge in [0.05, 0.1) is 12.0 Å². The first-order valence-electron chi connectivity index (χ1n) is 14.2. The molecule has 5 atom stereocenters. The SMILES string of the molecule is C=C1CCC[C@]2(C)C[C@H]3OC(=O)[C@@H](CN4CCN(C(c5ccc(F)cc5)c5ccc(F)cc5)CC4)[C@@H]3C[C@@H]12. The van der Waals surface area contributed by atoms with Gasteiger partial charge in [0.25, 0.3) is 0 Å². The number of hydrogen-bond donors (Lipinski definition) is 0. The largest absolute Gasteiger partial charge is 0.462 e.